The zero-order valence-electron chi connectivity index (χ0n) is 56.3. The Bertz CT molecular complexity index is 1670. The molecule has 0 aromatic carbocycles. The largest absolute Gasteiger partial charge is 0.477 e. The fourth-order valence-corrected chi connectivity index (χ4v) is 10.2. The predicted molar refractivity (Wildman–Crippen MR) is 364 cm³/mol. The van der Waals surface area contributed by atoms with Gasteiger partial charge in [0.15, 0.2) is 6.10 Å². The first-order chi connectivity index (χ1) is 41.6. The van der Waals surface area contributed by atoms with Gasteiger partial charge in [-0.1, -0.05) is 304 Å². The lowest BCUT2D eigenvalue weighted by molar-refractivity contribution is -0.870. The molecule has 2 unspecified atom stereocenters. The van der Waals surface area contributed by atoms with Gasteiger partial charge in [-0.15, -0.1) is 0 Å². The second kappa shape index (κ2) is 66.4. The third-order valence-corrected chi connectivity index (χ3v) is 15.6. The Hall–Kier alpha value is -3.53. The summed E-state index contributed by atoms with van der Waals surface area (Å²) >= 11 is 0. The summed E-state index contributed by atoms with van der Waals surface area (Å²) in [4.78, 5) is 37.6. The van der Waals surface area contributed by atoms with Gasteiger partial charge in [-0.25, -0.2) is 4.79 Å². The molecule has 0 radical (unpaired) electrons. The zero-order valence-corrected chi connectivity index (χ0v) is 56.3. The monoisotopic (exact) mass is 1190 g/mol. The molecule has 0 aliphatic rings. The third-order valence-electron chi connectivity index (χ3n) is 15.6. The highest BCUT2D eigenvalue weighted by molar-refractivity contribution is 5.71. The molecule has 9 nitrogen and oxygen atoms in total. The summed E-state index contributed by atoms with van der Waals surface area (Å²) in [5.74, 6) is -2.00. The van der Waals surface area contributed by atoms with Gasteiger partial charge in [0, 0.05) is 12.8 Å². The Balaban J connectivity index is 4.03. The number of likely N-dealkylation sites (N-methyl/N-ethyl adjacent to an activating group) is 1. The predicted octanol–water partition coefficient (Wildman–Crippen LogP) is 22.2. The standard InChI is InChI=1S/C76H135NO8/c1-6-8-10-12-14-16-18-20-22-24-26-28-30-31-32-33-34-35-36-37-38-39-40-41-42-43-45-46-48-50-52-54-56-58-60-62-64-66-73(78)83-70-72(71-84-76(75(80)81)82-69-68-77(3,4)5)85-74(79)67-65-63-61-59-57-55-53-51-49-47-44-29-27-25-23-21-19-17-15-13-11-9-7-2/h9,11,15,17-18,20-21,23-24,26-27,29-31,72,76H,6-8,10,12-14,16,19,22,25,28,32-71H2,1-5H3/p+1/b11-9-,17-15-,20-18-,23-21-,26-24-,29-27-,31-30-. The van der Waals surface area contributed by atoms with Gasteiger partial charge < -0.3 is 28.5 Å². The average Bonchev–Trinajstić information content (AvgIpc) is 3.49. The van der Waals surface area contributed by atoms with E-state index in [0.717, 1.165) is 83.5 Å². The minimum Gasteiger partial charge on any atom is -0.477 e. The zero-order chi connectivity index (χ0) is 61.9. The lowest BCUT2D eigenvalue weighted by Gasteiger charge is -2.25. The van der Waals surface area contributed by atoms with Crippen LogP contribution in [0.25, 0.3) is 0 Å². The van der Waals surface area contributed by atoms with Crippen LogP contribution in [0.2, 0.25) is 0 Å². The molecule has 9 heteroatoms. The van der Waals surface area contributed by atoms with Crippen LogP contribution in [-0.4, -0.2) is 87.4 Å². The Morgan fingerprint density at radius 2 is 0.671 bits per heavy atom. The minimum atomic E-state index is -1.51. The van der Waals surface area contributed by atoms with Crippen molar-refractivity contribution in [1.29, 1.82) is 0 Å². The molecule has 0 saturated carbocycles. The quantitative estimate of drug-likeness (QED) is 0.0211. The number of nitrogens with zero attached hydrogens (tertiary/aromatic N) is 1. The van der Waals surface area contributed by atoms with Crippen molar-refractivity contribution in [2.45, 2.75) is 334 Å². The fourth-order valence-electron chi connectivity index (χ4n) is 10.2. The summed E-state index contributed by atoms with van der Waals surface area (Å²) in [6.07, 6.45) is 87.1. The molecule has 0 aromatic rings. The van der Waals surface area contributed by atoms with Crippen LogP contribution in [0.1, 0.15) is 322 Å². The van der Waals surface area contributed by atoms with Crippen molar-refractivity contribution in [3.05, 3.63) is 85.1 Å². The molecule has 0 rings (SSSR count). The molecule has 85 heavy (non-hydrogen) atoms. The summed E-state index contributed by atoms with van der Waals surface area (Å²) < 4.78 is 23.0. The highest BCUT2D eigenvalue weighted by Gasteiger charge is 2.25. The topological polar surface area (TPSA) is 108 Å². The Morgan fingerprint density at radius 1 is 0.365 bits per heavy atom. The maximum atomic E-state index is 12.9. The molecule has 0 saturated heterocycles. The summed E-state index contributed by atoms with van der Waals surface area (Å²) in [6, 6.07) is 0. The molecule has 492 valence electrons. The van der Waals surface area contributed by atoms with E-state index in [1.807, 2.05) is 21.1 Å². The van der Waals surface area contributed by atoms with Crippen LogP contribution < -0.4 is 0 Å². The number of allylic oxidation sites excluding steroid dienone is 14. The molecule has 0 spiro atoms. The van der Waals surface area contributed by atoms with Crippen LogP contribution >= 0.6 is 0 Å². The molecule has 0 heterocycles. The number of carboxylic acid groups (broad SMARTS) is 1. The lowest BCUT2D eigenvalue weighted by Crippen LogP contribution is -2.40. The van der Waals surface area contributed by atoms with Gasteiger partial charge in [-0.3, -0.25) is 9.59 Å². The normalized spacial score (nSPS) is 13.2. The van der Waals surface area contributed by atoms with E-state index in [1.54, 1.807) is 0 Å². The number of carbonyl (C=O) groups excluding carboxylic acids is 2. The molecule has 0 bridgehead atoms. The number of carbonyl (C=O) groups is 3. The number of carboxylic acids is 1. The molecule has 2 atom stereocenters. The Labute approximate surface area is 525 Å². The summed E-state index contributed by atoms with van der Waals surface area (Å²) in [6.45, 7) is 4.78. The number of quaternary nitrogens is 1. The SMILES string of the molecule is CC/C=C\C/C=C\C/C=C\C/C=C\CCCCCCCCCCCCC(=O)OC(COC(=O)CCCCCCCCCCCCCCCCCCCCCCCC/C=C\C/C=C\C/C=C\CCCCCCC)COC(OCC[N+](C)(C)C)C(=O)O. The summed E-state index contributed by atoms with van der Waals surface area (Å²) in [5.41, 5.74) is 0. The van der Waals surface area contributed by atoms with Crippen LogP contribution in [0.4, 0.5) is 0 Å². The van der Waals surface area contributed by atoms with E-state index in [2.05, 4.69) is 98.9 Å². The summed E-state index contributed by atoms with van der Waals surface area (Å²) in [7, 11) is 5.98. The van der Waals surface area contributed by atoms with Crippen molar-refractivity contribution < 1.29 is 42.9 Å². The van der Waals surface area contributed by atoms with Crippen LogP contribution in [0.15, 0.2) is 85.1 Å². The summed E-state index contributed by atoms with van der Waals surface area (Å²) in [5, 5.41) is 9.74. The van der Waals surface area contributed by atoms with E-state index in [4.69, 9.17) is 18.9 Å². The molecule has 0 amide bonds. The van der Waals surface area contributed by atoms with Crippen molar-refractivity contribution in [3.8, 4) is 0 Å². The number of aliphatic carboxylic acids is 1. The number of hydrogen-bond acceptors (Lipinski definition) is 7. The van der Waals surface area contributed by atoms with Gasteiger partial charge >= 0.3 is 17.9 Å². The number of hydrogen-bond donors (Lipinski definition) is 1. The maximum absolute atomic E-state index is 12.9. The van der Waals surface area contributed by atoms with Crippen LogP contribution in [0, 0.1) is 0 Å². The van der Waals surface area contributed by atoms with Crippen molar-refractivity contribution in [3.63, 3.8) is 0 Å². The van der Waals surface area contributed by atoms with Crippen molar-refractivity contribution in [2.24, 2.45) is 0 Å². The van der Waals surface area contributed by atoms with Gasteiger partial charge in [-0.05, 0) is 89.9 Å². The van der Waals surface area contributed by atoms with Crippen molar-refractivity contribution in [2.75, 3.05) is 47.5 Å². The highest BCUT2D eigenvalue weighted by Crippen LogP contribution is 2.18. The van der Waals surface area contributed by atoms with Crippen molar-refractivity contribution in [1.82, 2.24) is 0 Å². The number of ether oxygens (including phenoxy) is 4. The molecular formula is C76H136NO8+. The first kappa shape index (κ1) is 81.5. The first-order valence-corrected chi connectivity index (χ1v) is 35.8. The van der Waals surface area contributed by atoms with E-state index in [1.165, 1.54) is 205 Å². The maximum Gasteiger partial charge on any atom is 0.361 e. The van der Waals surface area contributed by atoms with Gasteiger partial charge in [0.2, 0.25) is 0 Å². The highest BCUT2D eigenvalue weighted by atomic mass is 16.7. The Morgan fingerprint density at radius 3 is 1.00 bits per heavy atom. The molecule has 0 aliphatic carbocycles. The van der Waals surface area contributed by atoms with Gasteiger partial charge in [0.25, 0.3) is 6.29 Å². The molecule has 0 aromatic heterocycles. The van der Waals surface area contributed by atoms with E-state index >= 15 is 0 Å². The van der Waals surface area contributed by atoms with Gasteiger partial charge in [0.1, 0.15) is 13.2 Å². The third kappa shape index (κ3) is 67.8. The number of rotatable bonds is 66. The second-order valence-corrected chi connectivity index (χ2v) is 25.2. The van der Waals surface area contributed by atoms with Gasteiger partial charge in [-0.2, -0.15) is 0 Å². The number of esters is 2. The second-order valence-electron chi connectivity index (χ2n) is 25.2. The van der Waals surface area contributed by atoms with E-state index < -0.39 is 24.3 Å². The smallest absolute Gasteiger partial charge is 0.361 e. The van der Waals surface area contributed by atoms with E-state index in [-0.39, 0.29) is 32.2 Å². The average molecular weight is 1190 g/mol. The van der Waals surface area contributed by atoms with Crippen molar-refractivity contribution >= 4 is 17.9 Å². The van der Waals surface area contributed by atoms with Crippen LogP contribution in [0.3, 0.4) is 0 Å². The minimum absolute atomic E-state index is 0.184. The van der Waals surface area contributed by atoms with E-state index in [9.17, 15) is 19.5 Å². The first-order valence-electron chi connectivity index (χ1n) is 35.8. The molecular weight excluding hydrogens is 1050 g/mol. The fraction of sp³-hybridized carbons (Fsp3) is 0.776. The molecule has 0 aliphatic heterocycles. The van der Waals surface area contributed by atoms with Crippen LogP contribution in [-0.2, 0) is 33.3 Å². The van der Waals surface area contributed by atoms with Gasteiger partial charge in [0.05, 0.1) is 34.4 Å². The van der Waals surface area contributed by atoms with E-state index in [0.29, 0.717) is 23.9 Å². The number of unbranched alkanes of at least 4 members (excludes halogenated alkanes) is 37. The Kier molecular flexibility index (Phi) is 63.7. The molecule has 1 N–H and O–H groups in total. The molecule has 0 fully saturated rings. The lowest BCUT2D eigenvalue weighted by atomic mass is 10.0. The van der Waals surface area contributed by atoms with Crippen LogP contribution in [0.5, 0.6) is 0 Å².